The van der Waals surface area contributed by atoms with E-state index < -0.39 is 0 Å². The van der Waals surface area contributed by atoms with Crippen molar-refractivity contribution in [2.24, 2.45) is 0 Å². The van der Waals surface area contributed by atoms with Crippen molar-refractivity contribution in [3.05, 3.63) is 21.9 Å². The predicted molar refractivity (Wildman–Crippen MR) is 65.7 cm³/mol. The van der Waals surface area contributed by atoms with E-state index in [1.165, 1.54) is 22.6 Å². The van der Waals surface area contributed by atoms with Crippen molar-refractivity contribution in [3.63, 3.8) is 0 Å². The van der Waals surface area contributed by atoms with E-state index in [1.807, 2.05) is 11.3 Å². The number of piperidine rings is 1. The first kappa shape index (κ1) is 10.7. The minimum absolute atomic E-state index is 0.827. The molecule has 2 nitrogen and oxygen atoms in total. The molecule has 0 aliphatic carbocycles. The molecule has 0 atom stereocenters. The van der Waals surface area contributed by atoms with Gasteiger partial charge in [0, 0.05) is 22.7 Å². The lowest BCUT2D eigenvalue weighted by Gasteiger charge is -2.28. The number of amidine groups is 1. The van der Waals surface area contributed by atoms with Crippen molar-refractivity contribution in [1.29, 1.82) is 5.41 Å². The summed E-state index contributed by atoms with van der Waals surface area (Å²) in [6, 6.07) is 4.43. The Morgan fingerprint density at radius 1 is 1.33 bits per heavy atom. The first-order valence-corrected chi connectivity index (χ1v) is 6.51. The molecule has 0 unspecified atom stereocenters. The van der Waals surface area contributed by atoms with Crippen LogP contribution in [0.4, 0.5) is 0 Å². The van der Waals surface area contributed by atoms with Crippen LogP contribution in [-0.2, 0) is 13.0 Å². The quantitative estimate of drug-likeness (QED) is 0.835. The maximum atomic E-state index is 7.88. The van der Waals surface area contributed by atoms with Gasteiger partial charge in [0.05, 0.1) is 12.4 Å². The lowest BCUT2D eigenvalue weighted by molar-refractivity contribution is 0.364. The van der Waals surface area contributed by atoms with Crippen LogP contribution in [-0.4, -0.2) is 17.3 Å². The van der Waals surface area contributed by atoms with Crippen molar-refractivity contribution in [3.8, 4) is 0 Å². The van der Waals surface area contributed by atoms with E-state index in [0.717, 1.165) is 31.8 Å². The standard InChI is InChI=1S/C12H18N2S/c1-2-10-6-7-11(15-10)9-14-8-4-3-5-12(14)13/h6-7,13H,2-5,8-9H2,1H3. The Morgan fingerprint density at radius 3 is 2.80 bits per heavy atom. The highest BCUT2D eigenvalue weighted by atomic mass is 32.1. The molecule has 0 aromatic carbocycles. The van der Waals surface area contributed by atoms with Crippen LogP contribution in [0.25, 0.3) is 0 Å². The minimum atomic E-state index is 0.827. The highest BCUT2D eigenvalue weighted by Gasteiger charge is 2.15. The number of aryl methyl sites for hydroxylation is 1. The normalized spacial score (nSPS) is 17.1. The maximum absolute atomic E-state index is 7.88. The van der Waals surface area contributed by atoms with Gasteiger partial charge in [-0.25, -0.2) is 0 Å². The summed E-state index contributed by atoms with van der Waals surface area (Å²) in [5, 5.41) is 7.88. The summed E-state index contributed by atoms with van der Waals surface area (Å²) in [6.07, 6.45) is 4.53. The Hall–Kier alpha value is -0.830. The second-order valence-corrected chi connectivity index (χ2v) is 5.30. The van der Waals surface area contributed by atoms with Crippen LogP contribution >= 0.6 is 11.3 Å². The molecule has 0 bridgehead atoms. The molecule has 1 aliphatic rings. The molecule has 1 N–H and O–H groups in total. The molecule has 0 amide bonds. The van der Waals surface area contributed by atoms with Crippen molar-refractivity contribution in [1.82, 2.24) is 4.90 Å². The fourth-order valence-corrected chi connectivity index (χ4v) is 2.92. The molecule has 82 valence electrons. The number of nitrogens with zero attached hydrogens (tertiary/aromatic N) is 1. The SMILES string of the molecule is CCc1ccc(CN2CCCCC2=N)s1. The number of hydrogen-bond donors (Lipinski definition) is 1. The molecule has 2 rings (SSSR count). The highest BCUT2D eigenvalue weighted by Crippen LogP contribution is 2.21. The summed E-state index contributed by atoms with van der Waals surface area (Å²) in [5.74, 6) is 0.827. The number of likely N-dealkylation sites (tertiary alicyclic amines) is 1. The number of rotatable bonds is 3. The Kier molecular flexibility index (Phi) is 3.41. The van der Waals surface area contributed by atoms with E-state index in [-0.39, 0.29) is 0 Å². The minimum Gasteiger partial charge on any atom is -0.355 e. The zero-order chi connectivity index (χ0) is 10.7. The van der Waals surface area contributed by atoms with Crippen molar-refractivity contribution < 1.29 is 0 Å². The van der Waals surface area contributed by atoms with Crippen LogP contribution in [0.5, 0.6) is 0 Å². The topological polar surface area (TPSA) is 27.1 Å². The molecule has 1 aliphatic heterocycles. The van der Waals surface area contributed by atoms with Gasteiger partial charge in [-0.15, -0.1) is 11.3 Å². The summed E-state index contributed by atoms with van der Waals surface area (Å²) in [6.45, 7) is 4.21. The molecule has 0 spiro atoms. The maximum Gasteiger partial charge on any atom is 0.0960 e. The Bertz CT molecular complexity index is 343. The van der Waals surface area contributed by atoms with Gasteiger partial charge < -0.3 is 4.90 Å². The van der Waals surface area contributed by atoms with E-state index in [1.54, 1.807) is 0 Å². The van der Waals surface area contributed by atoms with Gasteiger partial charge in [0.25, 0.3) is 0 Å². The van der Waals surface area contributed by atoms with Gasteiger partial charge in [0.2, 0.25) is 0 Å². The second-order valence-electron chi connectivity index (χ2n) is 4.05. The molecular formula is C12H18N2S. The third kappa shape index (κ3) is 2.59. The van der Waals surface area contributed by atoms with E-state index in [4.69, 9.17) is 5.41 Å². The second kappa shape index (κ2) is 4.79. The van der Waals surface area contributed by atoms with Crippen molar-refractivity contribution >= 4 is 17.2 Å². The highest BCUT2D eigenvalue weighted by molar-refractivity contribution is 7.11. The third-order valence-corrected chi connectivity index (χ3v) is 4.10. The van der Waals surface area contributed by atoms with Crippen LogP contribution in [0.2, 0.25) is 0 Å². The summed E-state index contributed by atoms with van der Waals surface area (Å²) in [7, 11) is 0. The van der Waals surface area contributed by atoms with Crippen LogP contribution in [0.15, 0.2) is 12.1 Å². The Labute approximate surface area is 95.4 Å². The van der Waals surface area contributed by atoms with Crippen LogP contribution in [0, 0.1) is 5.41 Å². The average molecular weight is 222 g/mol. The number of nitrogens with one attached hydrogen (secondary N) is 1. The van der Waals surface area contributed by atoms with Crippen molar-refractivity contribution in [2.45, 2.75) is 39.2 Å². The van der Waals surface area contributed by atoms with E-state index in [9.17, 15) is 0 Å². The van der Waals surface area contributed by atoms with E-state index in [2.05, 4.69) is 24.0 Å². The predicted octanol–water partition coefficient (Wildman–Crippen LogP) is 3.27. The van der Waals surface area contributed by atoms with Crippen LogP contribution < -0.4 is 0 Å². The molecule has 3 heteroatoms. The largest absolute Gasteiger partial charge is 0.355 e. The smallest absolute Gasteiger partial charge is 0.0960 e. The molecule has 2 heterocycles. The van der Waals surface area contributed by atoms with Gasteiger partial charge >= 0.3 is 0 Å². The van der Waals surface area contributed by atoms with Gasteiger partial charge in [-0.2, -0.15) is 0 Å². The summed E-state index contributed by atoms with van der Waals surface area (Å²) >= 11 is 1.89. The lowest BCUT2D eigenvalue weighted by atomic mass is 10.1. The zero-order valence-electron chi connectivity index (χ0n) is 9.25. The Balaban J connectivity index is 1.98. The van der Waals surface area contributed by atoms with Gasteiger partial charge in [-0.1, -0.05) is 6.92 Å². The Morgan fingerprint density at radius 2 is 2.13 bits per heavy atom. The first-order chi connectivity index (χ1) is 7.29. The molecule has 1 aromatic rings. The fraction of sp³-hybridized carbons (Fsp3) is 0.583. The average Bonchev–Trinajstić information content (AvgIpc) is 2.69. The molecule has 0 radical (unpaired) electrons. The van der Waals surface area contributed by atoms with Gasteiger partial charge in [-0.05, 0) is 31.4 Å². The van der Waals surface area contributed by atoms with E-state index >= 15 is 0 Å². The van der Waals surface area contributed by atoms with Crippen LogP contribution in [0.1, 0.15) is 35.9 Å². The number of hydrogen-bond acceptors (Lipinski definition) is 2. The fourth-order valence-electron chi connectivity index (χ4n) is 1.95. The molecule has 1 fully saturated rings. The molecule has 0 saturated carbocycles. The van der Waals surface area contributed by atoms with Gasteiger partial charge in [0.1, 0.15) is 0 Å². The lowest BCUT2D eigenvalue weighted by Crippen LogP contribution is -2.33. The third-order valence-electron chi connectivity index (χ3n) is 2.89. The summed E-state index contributed by atoms with van der Waals surface area (Å²) in [4.78, 5) is 5.07. The summed E-state index contributed by atoms with van der Waals surface area (Å²) in [5.41, 5.74) is 0. The summed E-state index contributed by atoms with van der Waals surface area (Å²) < 4.78 is 0. The molecule has 1 saturated heterocycles. The molecular weight excluding hydrogens is 204 g/mol. The van der Waals surface area contributed by atoms with Crippen LogP contribution in [0.3, 0.4) is 0 Å². The first-order valence-electron chi connectivity index (χ1n) is 5.69. The van der Waals surface area contributed by atoms with Gasteiger partial charge in [-0.3, -0.25) is 5.41 Å². The molecule has 15 heavy (non-hydrogen) atoms. The molecule has 1 aromatic heterocycles. The van der Waals surface area contributed by atoms with E-state index in [0.29, 0.717) is 0 Å². The van der Waals surface area contributed by atoms with Gasteiger partial charge in [0.15, 0.2) is 0 Å². The van der Waals surface area contributed by atoms with Crippen molar-refractivity contribution in [2.75, 3.05) is 6.54 Å². The number of thiophene rings is 1. The zero-order valence-corrected chi connectivity index (χ0v) is 10.1. The monoisotopic (exact) mass is 222 g/mol.